The fraction of sp³-hybridized carbons (Fsp3) is 0.692. The molecule has 0 saturated carbocycles. The largest absolute Gasteiger partial charge is 0.362 e. The number of rotatable bonds is 5. The van der Waals surface area contributed by atoms with Crippen LogP contribution in [0.2, 0.25) is 0 Å². The van der Waals surface area contributed by atoms with Crippen LogP contribution in [-0.2, 0) is 13.1 Å². The maximum absolute atomic E-state index is 5.36. The van der Waals surface area contributed by atoms with Crippen LogP contribution in [-0.4, -0.2) is 33.4 Å². The lowest BCUT2D eigenvalue weighted by Gasteiger charge is -2.21. The van der Waals surface area contributed by atoms with Crippen LogP contribution in [0.3, 0.4) is 0 Å². The van der Waals surface area contributed by atoms with E-state index in [4.69, 9.17) is 12.2 Å². The first-order chi connectivity index (χ1) is 8.43. The molecule has 1 rings (SSSR count). The van der Waals surface area contributed by atoms with Crippen molar-refractivity contribution in [2.45, 2.75) is 40.8 Å². The van der Waals surface area contributed by atoms with Crippen LogP contribution in [0.15, 0.2) is 6.20 Å². The smallest absolute Gasteiger partial charge is 0.168 e. The maximum Gasteiger partial charge on any atom is 0.168 e. The molecule has 0 radical (unpaired) electrons. The molecule has 18 heavy (non-hydrogen) atoms. The SMILES string of the molecule is CCn1cc(CN(C)C(=S)NCC(C)C)c(C)n1. The van der Waals surface area contributed by atoms with Crippen LogP contribution in [0.4, 0.5) is 0 Å². The molecule has 0 aromatic carbocycles. The molecule has 1 N–H and O–H groups in total. The van der Waals surface area contributed by atoms with Gasteiger partial charge in [-0.2, -0.15) is 5.10 Å². The summed E-state index contributed by atoms with van der Waals surface area (Å²) in [6.45, 7) is 11.1. The molecule has 0 aliphatic heterocycles. The fourth-order valence-electron chi connectivity index (χ4n) is 1.63. The summed E-state index contributed by atoms with van der Waals surface area (Å²) in [6.07, 6.45) is 2.09. The molecular weight excluding hydrogens is 244 g/mol. The van der Waals surface area contributed by atoms with Crippen molar-refractivity contribution in [2.24, 2.45) is 5.92 Å². The van der Waals surface area contributed by atoms with Crippen LogP contribution in [0, 0.1) is 12.8 Å². The zero-order valence-electron chi connectivity index (χ0n) is 12.0. The molecule has 1 heterocycles. The quantitative estimate of drug-likeness (QED) is 0.830. The van der Waals surface area contributed by atoms with E-state index in [1.165, 1.54) is 5.56 Å². The molecule has 1 aromatic rings. The maximum atomic E-state index is 5.36. The van der Waals surface area contributed by atoms with E-state index in [1.54, 1.807) is 0 Å². The van der Waals surface area contributed by atoms with Crippen LogP contribution in [0.5, 0.6) is 0 Å². The minimum Gasteiger partial charge on any atom is -0.362 e. The molecule has 0 bridgehead atoms. The van der Waals surface area contributed by atoms with Crippen molar-refractivity contribution < 1.29 is 0 Å². The molecule has 4 nitrogen and oxygen atoms in total. The van der Waals surface area contributed by atoms with E-state index in [1.807, 2.05) is 18.7 Å². The Morgan fingerprint density at radius 1 is 1.56 bits per heavy atom. The zero-order chi connectivity index (χ0) is 13.7. The minimum atomic E-state index is 0.598. The molecule has 0 aliphatic rings. The Labute approximate surface area is 115 Å². The number of aromatic nitrogens is 2. The highest BCUT2D eigenvalue weighted by Crippen LogP contribution is 2.08. The van der Waals surface area contributed by atoms with E-state index >= 15 is 0 Å². The van der Waals surface area contributed by atoms with Gasteiger partial charge in [0.05, 0.1) is 5.69 Å². The van der Waals surface area contributed by atoms with Crippen molar-refractivity contribution >= 4 is 17.3 Å². The molecule has 0 spiro atoms. The summed E-state index contributed by atoms with van der Waals surface area (Å²) >= 11 is 5.36. The van der Waals surface area contributed by atoms with E-state index in [9.17, 15) is 0 Å². The number of nitrogens with one attached hydrogen (secondary N) is 1. The van der Waals surface area contributed by atoms with Gasteiger partial charge in [-0.25, -0.2) is 0 Å². The number of hydrogen-bond acceptors (Lipinski definition) is 2. The van der Waals surface area contributed by atoms with Crippen LogP contribution in [0.1, 0.15) is 32.0 Å². The lowest BCUT2D eigenvalue weighted by atomic mass is 10.2. The van der Waals surface area contributed by atoms with Gasteiger partial charge >= 0.3 is 0 Å². The molecule has 0 unspecified atom stereocenters. The number of aryl methyl sites for hydroxylation is 2. The molecule has 5 heteroatoms. The van der Waals surface area contributed by atoms with Crippen molar-refractivity contribution in [3.8, 4) is 0 Å². The molecule has 0 amide bonds. The van der Waals surface area contributed by atoms with Gasteiger partial charge in [-0.3, -0.25) is 4.68 Å². The summed E-state index contributed by atoms with van der Waals surface area (Å²) in [5.74, 6) is 0.598. The predicted molar refractivity (Wildman–Crippen MR) is 79.5 cm³/mol. The zero-order valence-corrected chi connectivity index (χ0v) is 12.8. The standard InChI is InChI=1S/C13H24N4S/c1-6-17-9-12(11(4)15-17)8-16(5)13(18)14-7-10(2)3/h9-10H,6-8H2,1-5H3,(H,14,18). The van der Waals surface area contributed by atoms with Crippen LogP contribution < -0.4 is 5.32 Å². The van der Waals surface area contributed by atoms with E-state index < -0.39 is 0 Å². The van der Waals surface area contributed by atoms with E-state index in [0.717, 1.165) is 30.4 Å². The van der Waals surface area contributed by atoms with Crippen molar-refractivity contribution in [1.29, 1.82) is 0 Å². The highest BCUT2D eigenvalue weighted by molar-refractivity contribution is 7.80. The topological polar surface area (TPSA) is 33.1 Å². The lowest BCUT2D eigenvalue weighted by Crippen LogP contribution is -2.38. The van der Waals surface area contributed by atoms with E-state index in [-0.39, 0.29) is 0 Å². The molecule has 1 aromatic heterocycles. The van der Waals surface area contributed by atoms with Gasteiger partial charge in [-0.15, -0.1) is 0 Å². The summed E-state index contributed by atoms with van der Waals surface area (Å²) in [5.41, 5.74) is 2.31. The molecule has 0 atom stereocenters. The molecular formula is C13H24N4S. The highest BCUT2D eigenvalue weighted by Gasteiger charge is 2.10. The molecule has 102 valence electrons. The third-order valence-corrected chi connectivity index (χ3v) is 3.24. The molecule has 0 aliphatic carbocycles. The fourth-order valence-corrected chi connectivity index (χ4v) is 1.78. The van der Waals surface area contributed by atoms with Gasteiger partial charge in [-0.1, -0.05) is 13.8 Å². The Hall–Kier alpha value is -1.10. The number of thiocarbonyl (C=S) groups is 1. The first-order valence-electron chi connectivity index (χ1n) is 6.46. The first-order valence-corrected chi connectivity index (χ1v) is 6.86. The van der Waals surface area contributed by atoms with Gasteiger partial charge in [-0.05, 0) is 32.0 Å². The molecule has 0 fully saturated rings. The second-order valence-corrected chi connectivity index (χ2v) is 5.42. The number of nitrogens with zero attached hydrogens (tertiary/aromatic N) is 3. The first kappa shape index (κ1) is 15.0. The van der Waals surface area contributed by atoms with Crippen molar-refractivity contribution in [2.75, 3.05) is 13.6 Å². The third kappa shape index (κ3) is 4.29. The van der Waals surface area contributed by atoms with Gasteiger partial charge in [0, 0.05) is 38.4 Å². The summed E-state index contributed by atoms with van der Waals surface area (Å²) in [4.78, 5) is 2.06. The van der Waals surface area contributed by atoms with E-state index in [0.29, 0.717) is 5.92 Å². The van der Waals surface area contributed by atoms with Gasteiger partial charge < -0.3 is 10.2 Å². The summed E-state index contributed by atoms with van der Waals surface area (Å²) < 4.78 is 1.96. The Morgan fingerprint density at radius 2 is 2.22 bits per heavy atom. The Balaban J connectivity index is 2.55. The Kier molecular flexibility index (Phi) is 5.59. The second-order valence-electron chi connectivity index (χ2n) is 5.03. The van der Waals surface area contributed by atoms with Crippen molar-refractivity contribution in [3.63, 3.8) is 0 Å². The average Bonchev–Trinajstić information content (AvgIpc) is 2.67. The Morgan fingerprint density at radius 3 is 2.72 bits per heavy atom. The van der Waals surface area contributed by atoms with Crippen molar-refractivity contribution in [1.82, 2.24) is 20.0 Å². The molecule has 0 saturated heterocycles. The van der Waals surface area contributed by atoms with Gasteiger partial charge in [0.2, 0.25) is 0 Å². The van der Waals surface area contributed by atoms with Gasteiger partial charge in [0.1, 0.15) is 0 Å². The van der Waals surface area contributed by atoms with E-state index in [2.05, 4.69) is 42.3 Å². The Bertz CT molecular complexity index is 398. The van der Waals surface area contributed by atoms with Gasteiger partial charge in [0.25, 0.3) is 0 Å². The number of hydrogen-bond donors (Lipinski definition) is 1. The minimum absolute atomic E-state index is 0.598. The second kappa shape index (κ2) is 6.73. The summed E-state index contributed by atoms with van der Waals surface area (Å²) in [6, 6.07) is 0. The average molecular weight is 268 g/mol. The lowest BCUT2D eigenvalue weighted by molar-refractivity contribution is 0.478. The summed E-state index contributed by atoms with van der Waals surface area (Å²) in [5, 5.41) is 8.51. The predicted octanol–water partition coefficient (Wildman–Crippen LogP) is 2.17. The van der Waals surface area contributed by atoms with Crippen LogP contribution >= 0.6 is 12.2 Å². The normalized spacial score (nSPS) is 10.8. The van der Waals surface area contributed by atoms with Crippen molar-refractivity contribution in [3.05, 3.63) is 17.5 Å². The highest BCUT2D eigenvalue weighted by atomic mass is 32.1. The summed E-state index contributed by atoms with van der Waals surface area (Å²) in [7, 11) is 2.01. The monoisotopic (exact) mass is 268 g/mol. The van der Waals surface area contributed by atoms with Gasteiger partial charge in [0.15, 0.2) is 5.11 Å². The van der Waals surface area contributed by atoms with Crippen LogP contribution in [0.25, 0.3) is 0 Å². The third-order valence-electron chi connectivity index (χ3n) is 2.79.